The maximum absolute atomic E-state index is 5.89. The number of ether oxygens (including phenoxy) is 2. The molecule has 6 nitrogen and oxygen atoms in total. The SMILES string of the molecule is CCc1c(N)nnn1CC1COc2ccccc2O1. The first-order valence-electron chi connectivity index (χ1n) is 6.34. The molecule has 19 heavy (non-hydrogen) atoms. The van der Waals surface area contributed by atoms with Crippen LogP contribution in [0.1, 0.15) is 12.6 Å². The number of fused-ring (bicyclic) bond motifs is 1. The fourth-order valence-electron chi connectivity index (χ4n) is 2.20. The van der Waals surface area contributed by atoms with Gasteiger partial charge in [-0.3, -0.25) is 0 Å². The summed E-state index contributed by atoms with van der Waals surface area (Å²) in [5.74, 6) is 2.04. The Balaban J connectivity index is 1.75. The topological polar surface area (TPSA) is 75.2 Å². The van der Waals surface area contributed by atoms with E-state index in [1.165, 1.54) is 0 Å². The summed E-state index contributed by atoms with van der Waals surface area (Å²) in [5.41, 5.74) is 6.70. The molecule has 0 aliphatic carbocycles. The Morgan fingerprint density at radius 3 is 2.95 bits per heavy atom. The molecule has 2 N–H and O–H groups in total. The maximum Gasteiger partial charge on any atom is 0.169 e. The van der Waals surface area contributed by atoms with Gasteiger partial charge in [0.1, 0.15) is 6.61 Å². The minimum absolute atomic E-state index is 0.0821. The van der Waals surface area contributed by atoms with Gasteiger partial charge in [-0.15, -0.1) is 5.10 Å². The minimum atomic E-state index is -0.0821. The lowest BCUT2D eigenvalue weighted by Gasteiger charge is -2.26. The van der Waals surface area contributed by atoms with Crippen molar-refractivity contribution < 1.29 is 9.47 Å². The van der Waals surface area contributed by atoms with Crippen LogP contribution in [0.15, 0.2) is 24.3 Å². The first-order chi connectivity index (χ1) is 9.28. The van der Waals surface area contributed by atoms with Gasteiger partial charge in [-0.1, -0.05) is 24.3 Å². The molecule has 2 heterocycles. The zero-order valence-electron chi connectivity index (χ0n) is 10.7. The van der Waals surface area contributed by atoms with Crippen LogP contribution < -0.4 is 15.2 Å². The third-order valence-corrected chi connectivity index (χ3v) is 3.15. The quantitative estimate of drug-likeness (QED) is 0.899. The lowest BCUT2D eigenvalue weighted by molar-refractivity contribution is 0.0748. The van der Waals surface area contributed by atoms with Crippen molar-refractivity contribution in [3.05, 3.63) is 30.0 Å². The van der Waals surface area contributed by atoms with Crippen molar-refractivity contribution in [3.8, 4) is 11.5 Å². The highest BCUT2D eigenvalue weighted by Crippen LogP contribution is 2.31. The van der Waals surface area contributed by atoms with Crippen molar-refractivity contribution in [2.45, 2.75) is 26.0 Å². The summed E-state index contributed by atoms with van der Waals surface area (Å²) in [6.45, 7) is 3.11. The summed E-state index contributed by atoms with van der Waals surface area (Å²) in [5, 5.41) is 7.93. The van der Waals surface area contributed by atoms with Gasteiger partial charge in [0.05, 0.1) is 12.2 Å². The van der Waals surface area contributed by atoms with Crippen molar-refractivity contribution in [2.24, 2.45) is 0 Å². The second-order valence-corrected chi connectivity index (χ2v) is 4.45. The van der Waals surface area contributed by atoms with E-state index in [-0.39, 0.29) is 6.10 Å². The van der Waals surface area contributed by atoms with Gasteiger partial charge in [0.25, 0.3) is 0 Å². The highest BCUT2D eigenvalue weighted by Gasteiger charge is 2.22. The number of aromatic nitrogens is 3. The van der Waals surface area contributed by atoms with E-state index in [0.717, 1.165) is 23.6 Å². The highest BCUT2D eigenvalue weighted by atomic mass is 16.6. The van der Waals surface area contributed by atoms with Gasteiger partial charge >= 0.3 is 0 Å². The molecule has 2 aromatic rings. The van der Waals surface area contributed by atoms with E-state index < -0.39 is 0 Å². The molecule has 0 amide bonds. The molecule has 0 bridgehead atoms. The Hall–Kier alpha value is -2.24. The van der Waals surface area contributed by atoms with E-state index in [4.69, 9.17) is 15.2 Å². The van der Waals surface area contributed by atoms with Crippen molar-refractivity contribution in [1.29, 1.82) is 0 Å². The summed E-state index contributed by atoms with van der Waals surface area (Å²) in [6.07, 6.45) is 0.713. The van der Waals surface area contributed by atoms with Crippen LogP contribution in [0.3, 0.4) is 0 Å². The zero-order valence-corrected chi connectivity index (χ0v) is 10.7. The summed E-state index contributed by atoms with van der Waals surface area (Å²) in [7, 11) is 0. The molecule has 1 aromatic carbocycles. The van der Waals surface area contributed by atoms with Crippen LogP contribution in [0.4, 0.5) is 5.82 Å². The van der Waals surface area contributed by atoms with Crippen molar-refractivity contribution in [3.63, 3.8) is 0 Å². The number of nitrogens with zero attached hydrogens (tertiary/aromatic N) is 3. The second kappa shape index (κ2) is 4.79. The van der Waals surface area contributed by atoms with Crippen LogP contribution in [0, 0.1) is 0 Å². The Bertz CT molecular complexity index is 582. The van der Waals surface area contributed by atoms with Gasteiger partial charge in [0, 0.05) is 0 Å². The Morgan fingerprint density at radius 1 is 1.37 bits per heavy atom. The molecule has 6 heteroatoms. The molecule has 1 unspecified atom stereocenters. The first-order valence-corrected chi connectivity index (χ1v) is 6.34. The van der Waals surface area contributed by atoms with E-state index in [9.17, 15) is 0 Å². The molecule has 3 rings (SSSR count). The van der Waals surface area contributed by atoms with Gasteiger partial charge in [0.2, 0.25) is 0 Å². The first kappa shape index (κ1) is 11.8. The predicted octanol–water partition coefficient (Wildman–Crippen LogP) is 1.26. The van der Waals surface area contributed by atoms with Crippen LogP contribution in [0.5, 0.6) is 11.5 Å². The van der Waals surface area contributed by atoms with Crippen LogP contribution in [-0.2, 0) is 13.0 Å². The van der Waals surface area contributed by atoms with Gasteiger partial charge in [-0.25, -0.2) is 4.68 Å². The van der Waals surface area contributed by atoms with Crippen LogP contribution in [-0.4, -0.2) is 27.7 Å². The third kappa shape index (κ3) is 2.21. The summed E-state index contributed by atoms with van der Waals surface area (Å²) in [6, 6.07) is 7.65. The monoisotopic (exact) mass is 260 g/mol. The normalized spacial score (nSPS) is 17.4. The number of hydrogen-bond donors (Lipinski definition) is 1. The number of anilines is 1. The van der Waals surface area contributed by atoms with Gasteiger partial charge in [0.15, 0.2) is 23.4 Å². The maximum atomic E-state index is 5.89. The molecule has 0 spiro atoms. The summed E-state index contributed by atoms with van der Waals surface area (Å²) >= 11 is 0. The van der Waals surface area contributed by atoms with Gasteiger partial charge in [-0.05, 0) is 18.6 Å². The summed E-state index contributed by atoms with van der Waals surface area (Å²) in [4.78, 5) is 0. The van der Waals surface area contributed by atoms with Crippen LogP contribution >= 0.6 is 0 Å². The molecule has 0 saturated heterocycles. The summed E-state index contributed by atoms with van der Waals surface area (Å²) < 4.78 is 13.3. The fourth-order valence-corrected chi connectivity index (χ4v) is 2.20. The lowest BCUT2D eigenvalue weighted by Crippen LogP contribution is -2.34. The van der Waals surface area contributed by atoms with Crippen molar-refractivity contribution in [2.75, 3.05) is 12.3 Å². The number of nitrogen functional groups attached to an aromatic ring is 1. The number of para-hydroxylation sites is 2. The average molecular weight is 260 g/mol. The third-order valence-electron chi connectivity index (χ3n) is 3.15. The molecule has 100 valence electrons. The molecule has 1 aliphatic heterocycles. The Labute approximate surface area is 111 Å². The van der Waals surface area contributed by atoms with E-state index >= 15 is 0 Å². The molecule has 1 aliphatic rings. The smallest absolute Gasteiger partial charge is 0.169 e. The van der Waals surface area contributed by atoms with E-state index in [2.05, 4.69) is 10.3 Å². The van der Waals surface area contributed by atoms with E-state index in [1.807, 2.05) is 31.2 Å². The molecular formula is C13H16N4O2. The minimum Gasteiger partial charge on any atom is -0.486 e. The second-order valence-electron chi connectivity index (χ2n) is 4.45. The number of rotatable bonds is 3. The lowest BCUT2D eigenvalue weighted by atomic mass is 10.2. The van der Waals surface area contributed by atoms with Crippen molar-refractivity contribution in [1.82, 2.24) is 15.0 Å². The van der Waals surface area contributed by atoms with E-state index in [1.54, 1.807) is 4.68 Å². The molecular weight excluding hydrogens is 244 g/mol. The number of nitrogens with two attached hydrogens (primary N) is 1. The number of hydrogen-bond acceptors (Lipinski definition) is 5. The van der Waals surface area contributed by atoms with Crippen LogP contribution in [0.2, 0.25) is 0 Å². The molecule has 0 fully saturated rings. The molecule has 1 atom stereocenters. The van der Waals surface area contributed by atoms with Crippen LogP contribution in [0.25, 0.3) is 0 Å². The standard InChI is InChI=1S/C13H16N4O2/c1-2-10-13(14)15-16-17(10)7-9-8-18-11-5-3-4-6-12(11)19-9/h3-6,9H,2,7-8,14H2,1H3. The van der Waals surface area contributed by atoms with Gasteiger partial charge in [-0.2, -0.15) is 0 Å². The van der Waals surface area contributed by atoms with E-state index in [0.29, 0.717) is 19.0 Å². The van der Waals surface area contributed by atoms with Crippen molar-refractivity contribution >= 4 is 5.82 Å². The fraction of sp³-hybridized carbons (Fsp3) is 0.385. The molecule has 0 radical (unpaired) electrons. The Morgan fingerprint density at radius 2 is 2.16 bits per heavy atom. The predicted molar refractivity (Wildman–Crippen MR) is 70.2 cm³/mol. The Kier molecular flexibility index (Phi) is 2.98. The largest absolute Gasteiger partial charge is 0.486 e. The average Bonchev–Trinajstić information content (AvgIpc) is 2.79. The van der Waals surface area contributed by atoms with Gasteiger partial charge < -0.3 is 15.2 Å². The molecule has 1 aromatic heterocycles. The molecule has 0 saturated carbocycles. The zero-order chi connectivity index (χ0) is 13.2. The highest BCUT2D eigenvalue weighted by molar-refractivity contribution is 5.40. The number of benzene rings is 1.